The van der Waals surface area contributed by atoms with Crippen LogP contribution in [-0.4, -0.2) is 25.0 Å². The Morgan fingerprint density at radius 1 is 1.28 bits per heavy atom. The molecule has 3 rings (SSSR count). The van der Waals surface area contributed by atoms with Gasteiger partial charge in [-0.1, -0.05) is 6.07 Å². The quantitative estimate of drug-likeness (QED) is 0.612. The lowest BCUT2D eigenvalue weighted by atomic mass is 10.2. The molecule has 1 amide bonds. The predicted octanol–water partition coefficient (Wildman–Crippen LogP) is 3.40. The molecule has 0 saturated carbocycles. The molecule has 2 aromatic carbocycles. The first-order chi connectivity index (χ1) is 12.0. The van der Waals surface area contributed by atoms with Gasteiger partial charge in [0.05, 0.1) is 10.7 Å². The Labute approximate surface area is 153 Å². The maximum Gasteiger partial charge on any atom is 0.280 e. The van der Waals surface area contributed by atoms with Gasteiger partial charge in [0, 0.05) is 0 Å². The van der Waals surface area contributed by atoms with Crippen molar-refractivity contribution in [3.05, 3.63) is 52.0 Å². The van der Waals surface area contributed by atoms with Crippen LogP contribution in [0.3, 0.4) is 0 Å². The Morgan fingerprint density at radius 3 is 2.88 bits per heavy atom. The zero-order chi connectivity index (χ0) is 17.8. The van der Waals surface area contributed by atoms with Crippen molar-refractivity contribution in [2.75, 3.05) is 6.79 Å². The molecular weight excluding hydrogens is 388 g/mol. The molecule has 1 N–H and O–H groups in total. The molecule has 1 aliphatic heterocycles. The average molecular weight is 405 g/mol. The molecule has 1 aliphatic rings. The van der Waals surface area contributed by atoms with Crippen molar-refractivity contribution >= 4 is 28.1 Å². The van der Waals surface area contributed by atoms with Gasteiger partial charge in [-0.15, -0.1) is 0 Å². The zero-order valence-corrected chi connectivity index (χ0v) is 15.4. The summed E-state index contributed by atoms with van der Waals surface area (Å²) in [5.41, 5.74) is 4.36. The third-order valence-electron chi connectivity index (χ3n) is 3.55. The molecule has 0 saturated heterocycles. The van der Waals surface area contributed by atoms with Gasteiger partial charge in [-0.3, -0.25) is 4.79 Å². The summed E-state index contributed by atoms with van der Waals surface area (Å²) < 4.78 is 17.0. The second-order valence-electron chi connectivity index (χ2n) is 5.54. The highest BCUT2D eigenvalue weighted by atomic mass is 79.9. The first-order valence-electron chi connectivity index (χ1n) is 7.68. The van der Waals surface area contributed by atoms with Crippen molar-refractivity contribution in [3.8, 4) is 17.2 Å². The van der Waals surface area contributed by atoms with E-state index in [1.807, 2.05) is 31.2 Å². The number of ether oxygens (including phenoxy) is 3. The van der Waals surface area contributed by atoms with Crippen molar-refractivity contribution in [2.45, 2.75) is 20.0 Å². The second kappa shape index (κ2) is 7.57. The number of benzene rings is 2. The third kappa shape index (κ3) is 4.30. The molecule has 0 fully saturated rings. The lowest BCUT2D eigenvalue weighted by molar-refractivity contribution is -0.127. The van der Waals surface area contributed by atoms with E-state index in [-0.39, 0.29) is 12.7 Å². The molecule has 130 valence electrons. The standard InChI is InChI=1S/C18H17BrN2O4/c1-11-3-5-15(14(19)7-11)25-12(2)18(22)21-20-9-13-4-6-16-17(8-13)24-10-23-16/h3-9,12H,10H2,1-2H3,(H,21,22)/t12-/m1/s1. The van der Waals surface area contributed by atoms with E-state index in [0.29, 0.717) is 17.2 Å². The van der Waals surface area contributed by atoms with Gasteiger partial charge in [0.1, 0.15) is 5.75 Å². The van der Waals surface area contributed by atoms with Gasteiger partial charge < -0.3 is 14.2 Å². The summed E-state index contributed by atoms with van der Waals surface area (Å²) in [5.74, 6) is 1.63. The molecule has 7 heteroatoms. The normalized spacial score (nSPS) is 13.7. The summed E-state index contributed by atoms with van der Waals surface area (Å²) in [6, 6.07) is 11.1. The molecular formula is C18H17BrN2O4. The Bertz CT molecular complexity index is 823. The van der Waals surface area contributed by atoms with Crippen LogP contribution in [0, 0.1) is 6.92 Å². The number of rotatable bonds is 5. The van der Waals surface area contributed by atoms with Gasteiger partial charge in [0.2, 0.25) is 6.79 Å². The molecule has 0 aliphatic carbocycles. The van der Waals surface area contributed by atoms with Crippen molar-refractivity contribution < 1.29 is 19.0 Å². The van der Waals surface area contributed by atoms with E-state index < -0.39 is 6.10 Å². The maximum absolute atomic E-state index is 12.1. The Hall–Kier alpha value is -2.54. The molecule has 0 unspecified atom stereocenters. The number of carbonyl (C=O) groups is 1. The van der Waals surface area contributed by atoms with E-state index in [9.17, 15) is 4.79 Å². The fourth-order valence-electron chi connectivity index (χ4n) is 2.20. The van der Waals surface area contributed by atoms with Gasteiger partial charge in [-0.05, 0) is 71.2 Å². The average Bonchev–Trinajstić information content (AvgIpc) is 3.05. The molecule has 1 atom stereocenters. The smallest absolute Gasteiger partial charge is 0.280 e. The highest BCUT2D eigenvalue weighted by Crippen LogP contribution is 2.32. The van der Waals surface area contributed by atoms with Crippen LogP contribution in [0.1, 0.15) is 18.1 Å². The Morgan fingerprint density at radius 2 is 2.08 bits per heavy atom. The SMILES string of the molecule is Cc1ccc(O[C@H](C)C(=O)NN=Cc2ccc3c(c2)OCO3)c(Br)c1. The maximum atomic E-state index is 12.1. The number of amides is 1. The number of nitrogens with one attached hydrogen (secondary N) is 1. The fraction of sp³-hybridized carbons (Fsp3) is 0.222. The molecule has 0 radical (unpaired) electrons. The number of hydrazone groups is 1. The van der Waals surface area contributed by atoms with Gasteiger partial charge in [-0.25, -0.2) is 5.43 Å². The van der Waals surface area contributed by atoms with E-state index in [1.54, 1.807) is 19.1 Å². The number of hydrogen-bond donors (Lipinski definition) is 1. The van der Waals surface area contributed by atoms with E-state index >= 15 is 0 Å². The number of halogens is 1. The summed E-state index contributed by atoms with van der Waals surface area (Å²) in [6.07, 6.45) is 0.849. The Balaban J connectivity index is 1.56. The lowest BCUT2D eigenvalue weighted by Crippen LogP contribution is -2.33. The minimum absolute atomic E-state index is 0.218. The molecule has 25 heavy (non-hydrogen) atoms. The number of fused-ring (bicyclic) bond motifs is 1. The fourth-order valence-corrected chi connectivity index (χ4v) is 2.79. The predicted molar refractivity (Wildman–Crippen MR) is 97.3 cm³/mol. The largest absolute Gasteiger partial charge is 0.480 e. The number of nitrogens with zero attached hydrogens (tertiary/aromatic N) is 1. The van der Waals surface area contributed by atoms with Gasteiger partial charge in [-0.2, -0.15) is 5.10 Å². The summed E-state index contributed by atoms with van der Waals surface area (Å²) in [4.78, 5) is 12.1. The van der Waals surface area contributed by atoms with Crippen molar-refractivity contribution in [1.82, 2.24) is 5.43 Å². The molecule has 0 bridgehead atoms. The van der Waals surface area contributed by atoms with Crippen molar-refractivity contribution in [3.63, 3.8) is 0 Å². The first-order valence-corrected chi connectivity index (χ1v) is 8.47. The second-order valence-corrected chi connectivity index (χ2v) is 6.40. The topological polar surface area (TPSA) is 69.2 Å². The Kier molecular flexibility index (Phi) is 5.23. The van der Waals surface area contributed by atoms with Crippen LogP contribution in [0.25, 0.3) is 0 Å². The van der Waals surface area contributed by atoms with Gasteiger partial charge >= 0.3 is 0 Å². The molecule has 0 spiro atoms. The number of carbonyl (C=O) groups excluding carboxylic acids is 1. The van der Waals surface area contributed by atoms with Crippen LogP contribution in [0.15, 0.2) is 46.0 Å². The van der Waals surface area contributed by atoms with Crippen LogP contribution in [0.4, 0.5) is 0 Å². The lowest BCUT2D eigenvalue weighted by Gasteiger charge is -2.14. The monoisotopic (exact) mass is 404 g/mol. The first kappa shape index (κ1) is 17.3. The molecule has 2 aromatic rings. The summed E-state index contributed by atoms with van der Waals surface area (Å²) in [5, 5.41) is 3.95. The zero-order valence-electron chi connectivity index (χ0n) is 13.8. The summed E-state index contributed by atoms with van der Waals surface area (Å²) in [6.45, 7) is 3.86. The van der Waals surface area contributed by atoms with Crippen LogP contribution in [0.2, 0.25) is 0 Å². The van der Waals surface area contributed by atoms with E-state index in [1.165, 1.54) is 6.21 Å². The van der Waals surface area contributed by atoms with Crippen LogP contribution in [0.5, 0.6) is 17.2 Å². The molecule has 6 nitrogen and oxygen atoms in total. The third-order valence-corrected chi connectivity index (χ3v) is 4.17. The summed E-state index contributed by atoms with van der Waals surface area (Å²) >= 11 is 3.42. The molecule has 0 aromatic heterocycles. The minimum Gasteiger partial charge on any atom is -0.480 e. The summed E-state index contributed by atoms with van der Waals surface area (Å²) in [7, 11) is 0. The van der Waals surface area contributed by atoms with Crippen molar-refractivity contribution in [2.24, 2.45) is 5.10 Å². The minimum atomic E-state index is -0.687. The highest BCUT2D eigenvalue weighted by Gasteiger charge is 2.16. The van der Waals surface area contributed by atoms with Gasteiger partial charge in [0.15, 0.2) is 17.6 Å². The van der Waals surface area contributed by atoms with E-state index in [2.05, 4.69) is 26.5 Å². The van der Waals surface area contributed by atoms with E-state index in [0.717, 1.165) is 15.6 Å². The number of hydrogen-bond acceptors (Lipinski definition) is 5. The molecule has 1 heterocycles. The number of aryl methyl sites for hydroxylation is 1. The van der Waals surface area contributed by atoms with Crippen LogP contribution >= 0.6 is 15.9 Å². The van der Waals surface area contributed by atoms with Crippen molar-refractivity contribution in [1.29, 1.82) is 0 Å². The van der Waals surface area contributed by atoms with Crippen LogP contribution < -0.4 is 19.6 Å². The van der Waals surface area contributed by atoms with Crippen LogP contribution in [-0.2, 0) is 4.79 Å². The van der Waals surface area contributed by atoms with E-state index in [4.69, 9.17) is 14.2 Å². The highest BCUT2D eigenvalue weighted by molar-refractivity contribution is 9.10. The van der Waals surface area contributed by atoms with Gasteiger partial charge in [0.25, 0.3) is 5.91 Å².